The van der Waals surface area contributed by atoms with Gasteiger partial charge in [-0.1, -0.05) is 18.2 Å². The van der Waals surface area contributed by atoms with Crippen LogP contribution in [-0.4, -0.2) is 43.6 Å². The number of amides is 1. The summed E-state index contributed by atoms with van der Waals surface area (Å²) in [5.41, 5.74) is 3.69. The predicted octanol–water partition coefficient (Wildman–Crippen LogP) is 3.20. The molecule has 1 aliphatic heterocycles. The summed E-state index contributed by atoms with van der Waals surface area (Å²) < 4.78 is 2.00. The van der Waals surface area contributed by atoms with E-state index in [1.54, 1.807) is 6.33 Å². The van der Waals surface area contributed by atoms with E-state index in [0.29, 0.717) is 11.8 Å². The number of rotatable bonds is 3. The molecule has 1 aliphatic carbocycles. The van der Waals surface area contributed by atoms with Gasteiger partial charge in [0.05, 0.1) is 5.92 Å². The minimum Gasteiger partial charge on any atom is -0.357 e. The maximum absolute atomic E-state index is 13.3. The molecular formula is C22H27N5O. The van der Waals surface area contributed by atoms with E-state index in [9.17, 15) is 4.79 Å². The Balaban J connectivity index is 1.29. The zero-order valence-electron chi connectivity index (χ0n) is 16.4. The number of aryl methyl sites for hydroxylation is 2. The number of likely N-dealkylation sites (tertiary alicyclic amines) is 1. The summed E-state index contributed by atoms with van der Waals surface area (Å²) in [5, 5.41) is 9.48. The van der Waals surface area contributed by atoms with Crippen LogP contribution in [0.3, 0.4) is 0 Å². The molecule has 2 aliphatic rings. The van der Waals surface area contributed by atoms with Crippen molar-refractivity contribution in [2.45, 2.75) is 44.4 Å². The number of hydrogen-bond acceptors (Lipinski definition) is 3. The van der Waals surface area contributed by atoms with Gasteiger partial charge in [0.2, 0.25) is 5.91 Å². The van der Waals surface area contributed by atoms with Crippen LogP contribution in [0.1, 0.15) is 48.7 Å². The average Bonchev–Trinajstić information content (AvgIpc) is 3.31. The van der Waals surface area contributed by atoms with E-state index in [1.807, 2.05) is 11.6 Å². The van der Waals surface area contributed by atoms with Gasteiger partial charge in [-0.15, -0.1) is 10.2 Å². The molecule has 28 heavy (non-hydrogen) atoms. The lowest BCUT2D eigenvalue weighted by Crippen LogP contribution is -2.42. The summed E-state index contributed by atoms with van der Waals surface area (Å²) in [6.07, 6.45) is 7.92. The van der Waals surface area contributed by atoms with Crippen molar-refractivity contribution in [1.29, 1.82) is 0 Å². The first-order valence-electron chi connectivity index (χ1n) is 10.4. The van der Waals surface area contributed by atoms with Crippen LogP contribution < -0.4 is 0 Å². The Morgan fingerprint density at radius 3 is 2.82 bits per heavy atom. The largest absolute Gasteiger partial charge is 0.357 e. The van der Waals surface area contributed by atoms with Gasteiger partial charge in [-0.2, -0.15) is 0 Å². The Labute approximate surface area is 164 Å². The highest BCUT2D eigenvalue weighted by atomic mass is 16.2. The van der Waals surface area contributed by atoms with Gasteiger partial charge in [-0.05, 0) is 49.7 Å². The van der Waals surface area contributed by atoms with Crippen LogP contribution in [0.2, 0.25) is 0 Å². The fraction of sp³-hybridized carbons (Fsp3) is 0.500. The number of para-hydroxylation sites is 1. The van der Waals surface area contributed by atoms with E-state index in [-0.39, 0.29) is 5.92 Å². The van der Waals surface area contributed by atoms with Crippen LogP contribution in [0, 0.1) is 5.92 Å². The number of aromatic amines is 1. The number of piperidine rings is 1. The fourth-order valence-corrected chi connectivity index (χ4v) is 4.99. The van der Waals surface area contributed by atoms with Gasteiger partial charge >= 0.3 is 0 Å². The van der Waals surface area contributed by atoms with Gasteiger partial charge in [0.1, 0.15) is 12.2 Å². The number of nitrogens with one attached hydrogen (secondary N) is 1. The van der Waals surface area contributed by atoms with Crippen LogP contribution in [0.15, 0.2) is 30.6 Å². The van der Waals surface area contributed by atoms with Gasteiger partial charge in [0.15, 0.2) is 0 Å². The first-order chi connectivity index (χ1) is 13.7. The first-order valence-corrected chi connectivity index (χ1v) is 10.4. The number of benzene rings is 1. The van der Waals surface area contributed by atoms with E-state index < -0.39 is 0 Å². The first kappa shape index (κ1) is 17.5. The van der Waals surface area contributed by atoms with Crippen molar-refractivity contribution in [3.05, 3.63) is 47.7 Å². The fourth-order valence-electron chi connectivity index (χ4n) is 4.99. The Bertz CT molecular complexity index is 995. The third-order valence-electron chi connectivity index (χ3n) is 6.62. The quantitative estimate of drug-likeness (QED) is 0.762. The van der Waals surface area contributed by atoms with Crippen molar-refractivity contribution >= 4 is 16.8 Å². The van der Waals surface area contributed by atoms with E-state index in [1.165, 1.54) is 16.6 Å². The third-order valence-corrected chi connectivity index (χ3v) is 6.62. The summed E-state index contributed by atoms with van der Waals surface area (Å²) in [6.45, 7) is 1.71. The molecule has 0 saturated carbocycles. The van der Waals surface area contributed by atoms with Gasteiger partial charge in [0.25, 0.3) is 0 Å². The maximum atomic E-state index is 13.3. The number of H-pyrrole nitrogens is 1. The normalized spacial score (nSPS) is 20.5. The summed E-state index contributed by atoms with van der Waals surface area (Å²) >= 11 is 0. The second-order valence-corrected chi connectivity index (χ2v) is 8.34. The monoisotopic (exact) mass is 377 g/mol. The van der Waals surface area contributed by atoms with Crippen molar-refractivity contribution in [2.75, 3.05) is 13.1 Å². The number of carbonyl (C=O) groups is 1. The van der Waals surface area contributed by atoms with Crippen molar-refractivity contribution in [2.24, 2.45) is 13.0 Å². The van der Waals surface area contributed by atoms with Crippen molar-refractivity contribution in [3.8, 4) is 0 Å². The molecule has 0 bridgehead atoms. The Kier molecular flexibility index (Phi) is 4.41. The SMILES string of the molecule is Cn1cnnc1CC1CCN(C(=O)C2CCCc3c2[nH]c2ccccc32)CC1. The highest BCUT2D eigenvalue weighted by Gasteiger charge is 2.34. The van der Waals surface area contributed by atoms with Crippen molar-refractivity contribution in [3.63, 3.8) is 0 Å². The number of nitrogens with zero attached hydrogens (tertiary/aromatic N) is 4. The molecule has 6 heteroatoms. The molecule has 2 aromatic heterocycles. The van der Waals surface area contributed by atoms with Crippen LogP contribution in [0.5, 0.6) is 0 Å². The number of fused-ring (bicyclic) bond motifs is 3. The molecule has 146 valence electrons. The predicted molar refractivity (Wildman–Crippen MR) is 108 cm³/mol. The Morgan fingerprint density at radius 1 is 1.21 bits per heavy atom. The second-order valence-electron chi connectivity index (χ2n) is 8.34. The molecule has 0 radical (unpaired) electrons. The lowest BCUT2D eigenvalue weighted by molar-refractivity contribution is -0.134. The van der Waals surface area contributed by atoms with Crippen molar-refractivity contribution in [1.82, 2.24) is 24.6 Å². The molecule has 1 N–H and O–H groups in total. The summed E-state index contributed by atoms with van der Waals surface area (Å²) in [6, 6.07) is 8.44. The number of hydrogen-bond donors (Lipinski definition) is 1. The molecule has 5 rings (SSSR count). The smallest absolute Gasteiger partial charge is 0.231 e. The van der Waals surface area contributed by atoms with E-state index in [4.69, 9.17) is 0 Å². The molecule has 1 atom stereocenters. The average molecular weight is 377 g/mol. The van der Waals surface area contributed by atoms with E-state index >= 15 is 0 Å². The highest BCUT2D eigenvalue weighted by molar-refractivity contribution is 5.90. The van der Waals surface area contributed by atoms with Gasteiger partial charge < -0.3 is 14.5 Å². The minimum absolute atomic E-state index is 0.00793. The molecule has 3 heterocycles. The minimum atomic E-state index is -0.00793. The molecule has 6 nitrogen and oxygen atoms in total. The molecule has 1 aromatic carbocycles. The number of carbonyl (C=O) groups excluding carboxylic acids is 1. The number of aromatic nitrogens is 4. The van der Waals surface area contributed by atoms with E-state index in [2.05, 4.69) is 44.3 Å². The van der Waals surface area contributed by atoms with Crippen LogP contribution in [0.25, 0.3) is 10.9 Å². The van der Waals surface area contributed by atoms with Gasteiger partial charge in [0, 0.05) is 43.2 Å². The zero-order valence-corrected chi connectivity index (χ0v) is 16.4. The third kappa shape index (κ3) is 3.01. The topological polar surface area (TPSA) is 66.8 Å². The van der Waals surface area contributed by atoms with Crippen LogP contribution in [0.4, 0.5) is 0 Å². The summed E-state index contributed by atoms with van der Waals surface area (Å²) in [4.78, 5) is 19.0. The molecule has 1 amide bonds. The lowest BCUT2D eigenvalue weighted by Gasteiger charge is -2.35. The Morgan fingerprint density at radius 2 is 2.04 bits per heavy atom. The van der Waals surface area contributed by atoms with Gasteiger partial charge in [-0.25, -0.2) is 0 Å². The summed E-state index contributed by atoms with van der Waals surface area (Å²) in [5.74, 6) is 1.93. The highest BCUT2D eigenvalue weighted by Crippen LogP contribution is 2.37. The molecule has 0 spiro atoms. The van der Waals surface area contributed by atoms with Crippen LogP contribution >= 0.6 is 0 Å². The standard InChI is InChI=1S/C22H27N5O/c1-26-14-23-25-20(26)13-15-9-11-27(12-10-15)22(28)18-7-4-6-17-16-5-2-3-8-19(16)24-21(17)18/h2-3,5,8,14-15,18,24H,4,6-7,9-13H2,1H3. The molecular weight excluding hydrogens is 350 g/mol. The van der Waals surface area contributed by atoms with Crippen molar-refractivity contribution < 1.29 is 4.79 Å². The lowest BCUT2D eigenvalue weighted by atomic mass is 9.85. The zero-order chi connectivity index (χ0) is 19.1. The second kappa shape index (κ2) is 7.08. The van der Waals surface area contributed by atoms with Crippen LogP contribution in [-0.2, 0) is 24.7 Å². The maximum Gasteiger partial charge on any atom is 0.231 e. The molecule has 1 unspecified atom stereocenters. The Hall–Kier alpha value is -2.63. The van der Waals surface area contributed by atoms with E-state index in [0.717, 1.165) is 63.0 Å². The molecule has 3 aromatic rings. The van der Waals surface area contributed by atoms with Gasteiger partial charge in [-0.3, -0.25) is 4.79 Å². The molecule has 1 fully saturated rings. The summed E-state index contributed by atoms with van der Waals surface area (Å²) in [7, 11) is 2.00. The molecule has 1 saturated heterocycles.